The summed E-state index contributed by atoms with van der Waals surface area (Å²) in [6.45, 7) is 8.82. The third kappa shape index (κ3) is 3.75. The number of piperazine rings is 1. The number of para-hydroxylation sites is 1. The van der Waals surface area contributed by atoms with Crippen LogP contribution in [0.3, 0.4) is 0 Å². The first-order chi connectivity index (χ1) is 9.81. The van der Waals surface area contributed by atoms with E-state index in [0.717, 1.165) is 5.69 Å². The molecule has 1 aromatic rings. The SMILES string of the molecule is CC(C)NS(=O)(=O)N1CC(C)N(c2ccccc2)C(C)C1. The highest BCUT2D eigenvalue weighted by Gasteiger charge is 2.35. The zero-order valence-corrected chi connectivity index (χ0v) is 14.0. The van der Waals surface area contributed by atoms with Crippen molar-refractivity contribution < 1.29 is 8.42 Å². The Bertz CT molecular complexity index is 548. The quantitative estimate of drug-likeness (QED) is 0.923. The lowest BCUT2D eigenvalue weighted by Gasteiger charge is -2.45. The minimum atomic E-state index is -3.40. The summed E-state index contributed by atoms with van der Waals surface area (Å²) in [5, 5.41) is 0. The van der Waals surface area contributed by atoms with Crippen molar-refractivity contribution in [1.82, 2.24) is 9.03 Å². The van der Waals surface area contributed by atoms with Gasteiger partial charge in [0.25, 0.3) is 10.2 Å². The van der Waals surface area contributed by atoms with Crippen LogP contribution in [0.15, 0.2) is 30.3 Å². The maximum absolute atomic E-state index is 12.3. The van der Waals surface area contributed by atoms with Crippen LogP contribution >= 0.6 is 0 Å². The van der Waals surface area contributed by atoms with Crippen LogP contribution in [0.1, 0.15) is 27.7 Å². The molecule has 0 aromatic heterocycles. The number of hydrogen-bond donors (Lipinski definition) is 1. The molecule has 0 bridgehead atoms. The maximum Gasteiger partial charge on any atom is 0.279 e. The Morgan fingerprint density at radius 1 is 1.10 bits per heavy atom. The summed E-state index contributed by atoms with van der Waals surface area (Å²) in [6.07, 6.45) is 0. The van der Waals surface area contributed by atoms with Gasteiger partial charge in [-0.15, -0.1) is 0 Å². The van der Waals surface area contributed by atoms with Crippen LogP contribution in [-0.2, 0) is 10.2 Å². The van der Waals surface area contributed by atoms with Crippen molar-refractivity contribution in [3.63, 3.8) is 0 Å². The molecule has 0 radical (unpaired) electrons. The van der Waals surface area contributed by atoms with E-state index in [-0.39, 0.29) is 18.1 Å². The second-order valence-electron chi connectivity index (χ2n) is 6.04. The van der Waals surface area contributed by atoms with Crippen LogP contribution < -0.4 is 9.62 Å². The monoisotopic (exact) mass is 311 g/mol. The fourth-order valence-corrected chi connectivity index (χ4v) is 4.52. The summed E-state index contributed by atoms with van der Waals surface area (Å²) in [5.74, 6) is 0. The Hall–Kier alpha value is -1.11. The highest BCUT2D eigenvalue weighted by Crippen LogP contribution is 2.25. The highest BCUT2D eigenvalue weighted by atomic mass is 32.2. The standard InChI is InChI=1S/C15H25N3O2S/c1-12(2)16-21(19,20)17-10-13(3)18(14(4)11-17)15-8-6-5-7-9-15/h5-9,12-14,16H,10-11H2,1-4H3. The van der Waals surface area contributed by atoms with Gasteiger partial charge in [-0.25, -0.2) is 0 Å². The largest absolute Gasteiger partial charge is 0.363 e. The number of hydrogen-bond acceptors (Lipinski definition) is 3. The van der Waals surface area contributed by atoms with E-state index < -0.39 is 10.2 Å². The van der Waals surface area contributed by atoms with E-state index in [2.05, 4.69) is 35.6 Å². The summed E-state index contributed by atoms with van der Waals surface area (Å²) < 4.78 is 28.9. The number of nitrogens with one attached hydrogen (secondary N) is 1. The fourth-order valence-electron chi connectivity index (χ4n) is 2.95. The topological polar surface area (TPSA) is 52.7 Å². The van der Waals surface area contributed by atoms with Gasteiger partial charge in [0, 0.05) is 36.9 Å². The van der Waals surface area contributed by atoms with Crippen molar-refractivity contribution in [2.45, 2.75) is 45.8 Å². The molecule has 6 heteroatoms. The zero-order valence-electron chi connectivity index (χ0n) is 13.2. The predicted molar refractivity (Wildman–Crippen MR) is 86.6 cm³/mol. The molecule has 1 saturated heterocycles. The first kappa shape index (κ1) is 16.3. The van der Waals surface area contributed by atoms with Crippen molar-refractivity contribution >= 4 is 15.9 Å². The van der Waals surface area contributed by atoms with Gasteiger partial charge in [-0.3, -0.25) is 0 Å². The van der Waals surface area contributed by atoms with Crippen LogP contribution in [0.5, 0.6) is 0 Å². The number of anilines is 1. The molecule has 1 fully saturated rings. The van der Waals surface area contributed by atoms with Gasteiger partial charge in [-0.2, -0.15) is 17.4 Å². The van der Waals surface area contributed by atoms with Crippen LogP contribution in [0.25, 0.3) is 0 Å². The average molecular weight is 311 g/mol. The molecule has 2 rings (SSSR count). The minimum absolute atomic E-state index is 0.0900. The van der Waals surface area contributed by atoms with E-state index in [1.165, 1.54) is 0 Å². The lowest BCUT2D eigenvalue weighted by atomic mass is 10.1. The van der Waals surface area contributed by atoms with Gasteiger partial charge >= 0.3 is 0 Å². The molecular weight excluding hydrogens is 286 g/mol. The zero-order chi connectivity index (χ0) is 15.6. The van der Waals surface area contributed by atoms with Crippen molar-refractivity contribution in [3.8, 4) is 0 Å². The van der Waals surface area contributed by atoms with E-state index in [9.17, 15) is 8.42 Å². The van der Waals surface area contributed by atoms with E-state index in [0.29, 0.717) is 13.1 Å². The van der Waals surface area contributed by atoms with Gasteiger partial charge in [0.1, 0.15) is 0 Å². The second-order valence-corrected chi connectivity index (χ2v) is 7.74. The van der Waals surface area contributed by atoms with Gasteiger partial charge in [-0.1, -0.05) is 18.2 Å². The summed E-state index contributed by atoms with van der Waals surface area (Å²) in [7, 11) is -3.40. The molecule has 118 valence electrons. The van der Waals surface area contributed by atoms with Crippen LogP contribution in [0.2, 0.25) is 0 Å². The third-order valence-corrected chi connectivity index (χ3v) is 5.41. The van der Waals surface area contributed by atoms with Crippen molar-refractivity contribution in [1.29, 1.82) is 0 Å². The predicted octanol–water partition coefficient (Wildman–Crippen LogP) is 1.83. The summed E-state index contributed by atoms with van der Waals surface area (Å²) in [4.78, 5) is 2.29. The smallest absolute Gasteiger partial charge is 0.279 e. The minimum Gasteiger partial charge on any atom is -0.363 e. The highest BCUT2D eigenvalue weighted by molar-refractivity contribution is 7.87. The normalized spacial score (nSPS) is 24.5. The third-order valence-electron chi connectivity index (χ3n) is 3.66. The van der Waals surface area contributed by atoms with Gasteiger partial charge in [0.2, 0.25) is 0 Å². The Morgan fingerprint density at radius 2 is 1.62 bits per heavy atom. The molecule has 1 aliphatic rings. The van der Waals surface area contributed by atoms with Gasteiger partial charge in [0.15, 0.2) is 0 Å². The van der Waals surface area contributed by atoms with Crippen LogP contribution in [0.4, 0.5) is 5.69 Å². The molecule has 1 N–H and O–H groups in total. The Morgan fingerprint density at radius 3 is 2.10 bits per heavy atom. The molecule has 0 amide bonds. The number of rotatable bonds is 4. The maximum atomic E-state index is 12.3. The van der Waals surface area contributed by atoms with Crippen LogP contribution in [0, 0.1) is 0 Å². The van der Waals surface area contributed by atoms with Crippen LogP contribution in [-0.4, -0.2) is 43.9 Å². The van der Waals surface area contributed by atoms with E-state index in [4.69, 9.17) is 0 Å². The molecule has 5 nitrogen and oxygen atoms in total. The molecule has 0 aliphatic carbocycles. The van der Waals surface area contributed by atoms with E-state index in [1.54, 1.807) is 4.31 Å². The lowest BCUT2D eigenvalue weighted by Crippen LogP contribution is -2.60. The van der Waals surface area contributed by atoms with Gasteiger partial charge < -0.3 is 4.90 Å². The molecule has 1 aliphatic heterocycles. The molecule has 0 spiro atoms. The second kappa shape index (κ2) is 6.34. The Kier molecular flexibility index (Phi) is 4.91. The number of nitrogens with zero attached hydrogens (tertiary/aromatic N) is 2. The average Bonchev–Trinajstić information content (AvgIpc) is 2.37. The Balaban J connectivity index is 2.16. The first-order valence-corrected chi connectivity index (χ1v) is 8.86. The summed E-state index contributed by atoms with van der Waals surface area (Å²) in [6, 6.07) is 10.3. The summed E-state index contributed by atoms with van der Waals surface area (Å²) in [5.41, 5.74) is 1.14. The number of benzene rings is 1. The Labute approximate surface area is 128 Å². The molecular formula is C15H25N3O2S. The van der Waals surface area contributed by atoms with E-state index in [1.807, 2.05) is 32.0 Å². The van der Waals surface area contributed by atoms with Gasteiger partial charge in [0.05, 0.1) is 0 Å². The molecule has 1 heterocycles. The van der Waals surface area contributed by atoms with Crippen molar-refractivity contribution in [2.24, 2.45) is 0 Å². The lowest BCUT2D eigenvalue weighted by molar-refractivity contribution is 0.297. The fraction of sp³-hybridized carbons (Fsp3) is 0.600. The molecule has 2 atom stereocenters. The molecule has 21 heavy (non-hydrogen) atoms. The molecule has 2 unspecified atom stereocenters. The summed E-state index contributed by atoms with van der Waals surface area (Å²) >= 11 is 0. The van der Waals surface area contributed by atoms with Crippen molar-refractivity contribution in [3.05, 3.63) is 30.3 Å². The molecule has 0 saturated carbocycles. The van der Waals surface area contributed by atoms with Crippen molar-refractivity contribution in [2.75, 3.05) is 18.0 Å². The first-order valence-electron chi connectivity index (χ1n) is 7.42. The van der Waals surface area contributed by atoms with E-state index >= 15 is 0 Å². The van der Waals surface area contributed by atoms with Gasteiger partial charge in [-0.05, 0) is 39.8 Å². The molecule has 1 aromatic carbocycles.